The number of thiophene rings is 1. The minimum Gasteiger partial charge on any atom is -0.483 e. The van der Waals surface area contributed by atoms with Gasteiger partial charge in [0.05, 0.1) is 17.0 Å². The second kappa shape index (κ2) is 10.0. The number of hydrogen-bond acceptors (Lipinski definition) is 7. The number of primary amides is 1. The number of esters is 1. The van der Waals surface area contributed by atoms with Crippen LogP contribution in [0.3, 0.4) is 0 Å². The normalized spacial score (nSPS) is 10.5. The van der Waals surface area contributed by atoms with E-state index in [4.69, 9.17) is 19.9 Å². The molecule has 1 aromatic carbocycles. The molecular weight excluding hydrogens is 396 g/mol. The molecule has 2 aromatic rings. The maximum absolute atomic E-state index is 12.4. The van der Waals surface area contributed by atoms with E-state index < -0.39 is 17.8 Å². The first-order chi connectivity index (χ1) is 13.7. The van der Waals surface area contributed by atoms with Crippen LogP contribution in [0.25, 0.3) is 0 Å². The van der Waals surface area contributed by atoms with Crippen molar-refractivity contribution in [2.45, 2.75) is 20.8 Å². The zero-order chi connectivity index (χ0) is 21.6. The first-order valence-electron chi connectivity index (χ1n) is 8.83. The second-order valence-corrected chi connectivity index (χ2v) is 7.38. The quantitative estimate of drug-likeness (QED) is 0.476. The summed E-state index contributed by atoms with van der Waals surface area (Å²) in [6.07, 6.45) is 0. The molecule has 3 N–H and O–H groups in total. The minimum atomic E-state index is -0.689. The summed E-state index contributed by atoms with van der Waals surface area (Å²) >= 11 is 0.923. The first-order valence-corrected chi connectivity index (χ1v) is 9.65. The van der Waals surface area contributed by atoms with Gasteiger partial charge < -0.3 is 25.3 Å². The van der Waals surface area contributed by atoms with Gasteiger partial charge in [-0.1, -0.05) is 12.1 Å². The Kier molecular flexibility index (Phi) is 7.74. The highest BCUT2D eigenvalue weighted by Crippen LogP contribution is 2.33. The lowest BCUT2D eigenvalue weighted by Crippen LogP contribution is -2.21. The molecule has 0 aliphatic heterocycles. The molecule has 0 atom stereocenters. The number of hydrogen-bond donors (Lipinski definition) is 2. The van der Waals surface area contributed by atoms with E-state index in [0.29, 0.717) is 11.3 Å². The fourth-order valence-electron chi connectivity index (χ4n) is 2.54. The van der Waals surface area contributed by atoms with Crippen molar-refractivity contribution in [3.8, 4) is 5.75 Å². The van der Waals surface area contributed by atoms with Gasteiger partial charge in [-0.25, -0.2) is 4.79 Å². The molecule has 0 bridgehead atoms. The molecule has 0 spiro atoms. The number of amides is 2. The third-order valence-electron chi connectivity index (χ3n) is 4.05. The molecule has 0 radical (unpaired) electrons. The summed E-state index contributed by atoms with van der Waals surface area (Å²) in [5.41, 5.74) is 7.73. The minimum absolute atomic E-state index is 0.0413. The Bertz CT molecular complexity index is 922. The molecule has 0 fully saturated rings. The van der Waals surface area contributed by atoms with Crippen LogP contribution < -0.4 is 15.8 Å². The number of carbonyl (C=O) groups excluding carboxylic acids is 3. The molecule has 2 rings (SSSR count). The molecule has 2 amide bonds. The van der Waals surface area contributed by atoms with E-state index in [2.05, 4.69) is 5.32 Å². The zero-order valence-electron chi connectivity index (χ0n) is 16.8. The van der Waals surface area contributed by atoms with E-state index in [9.17, 15) is 14.4 Å². The van der Waals surface area contributed by atoms with Gasteiger partial charge in [0.1, 0.15) is 17.4 Å². The lowest BCUT2D eigenvalue weighted by Gasteiger charge is -2.11. The van der Waals surface area contributed by atoms with Crippen LogP contribution in [0.1, 0.15) is 36.7 Å². The van der Waals surface area contributed by atoms with E-state index in [1.54, 1.807) is 6.92 Å². The Hall–Kier alpha value is -2.91. The number of ether oxygens (including phenoxy) is 3. The molecule has 0 aliphatic rings. The summed E-state index contributed by atoms with van der Waals surface area (Å²) in [6, 6.07) is 5.68. The highest BCUT2D eigenvalue weighted by atomic mass is 32.1. The number of anilines is 1. The molecule has 0 saturated heterocycles. The standard InChI is InChI=1S/C20H24N2O6S/c1-11-5-6-12(2)14(9-11)28-10-15(23)22-19-16(20(25)27-8-7-26-4)13(3)17(29-19)18(21)24/h5-6,9H,7-8,10H2,1-4H3,(H2,21,24)(H,22,23). The van der Waals surface area contributed by atoms with E-state index in [0.717, 1.165) is 22.5 Å². The van der Waals surface area contributed by atoms with Gasteiger partial charge in [-0.2, -0.15) is 0 Å². The van der Waals surface area contributed by atoms with Gasteiger partial charge in [0.25, 0.3) is 11.8 Å². The molecule has 1 aromatic heterocycles. The number of benzene rings is 1. The van der Waals surface area contributed by atoms with Crippen LogP contribution in [0.4, 0.5) is 5.00 Å². The largest absolute Gasteiger partial charge is 0.483 e. The van der Waals surface area contributed by atoms with Crippen molar-refractivity contribution in [1.29, 1.82) is 0 Å². The van der Waals surface area contributed by atoms with Crippen molar-refractivity contribution in [3.63, 3.8) is 0 Å². The van der Waals surface area contributed by atoms with Crippen LogP contribution in [0.15, 0.2) is 18.2 Å². The lowest BCUT2D eigenvalue weighted by atomic mass is 10.1. The average molecular weight is 420 g/mol. The molecule has 156 valence electrons. The van der Waals surface area contributed by atoms with Gasteiger partial charge in [0.2, 0.25) is 0 Å². The number of carbonyl (C=O) groups is 3. The molecule has 29 heavy (non-hydrogen) atoms. The number of aryl methyl sites for hydroxylation is 2. The first kappa shape index (κ1) is 22.4. The summed E-state index contributed by atoms with van der Waals surface area (Å²) in [6.45, 7) is 5.38. The SMILES string of the molecule is COCCOC(=O)c1c(NC(=O)COc2cc(C)ccc2C)sc(C(N)=O)c1C. The second-order valence-electron chi connectivity index (χ2n) is 6.36. The maximum Gasteiger partial charge on any atom is 0.341 e. The number of nitrogens with two attached hydrogens (primary N) is 1. The van der Waals surface area contributed by atoms with Gasteiger partial charge in [0, 0.05) is 7.11 Å². The Labute approximate surface area is 172 Å². The molecule has 0 aliphatic carbocycles. The maximum atomic E-state index is 12.4. The van der Waals surface area contributed by atoms with Gasteiger partial charge in [-0.15, -0.1) is 11.3 Å². The van der Waals surface area contributed by atoms with E-state index in [1.165, 1.54) is 7.11 Å². The number of methoxy groups -OCH3 is 1. The van der Waals surface area contributed by atoms with Gasteiger partial charge >= 0.3 is 5.97 Å². The highest BCUT2D eigenvalue weighted by Gasteiger charge is 2.26. The van der Waals surface area contributed by atoms with Crippen molar-refractivity contribution in [1.82, 2.24) is 0 Å². The van der Waals surface area contributed by atoms with Crippen molar-refractivity contribution < 1.29 is 28.6 Å². The summed E-state index contributed by atoms with van der Waals surface area (Å²) in [5, 5.41) is 2.81. The molecular formula is C20H24N2O6S. The third-order valence-corrected chi connectivity index (χ3v) is 5.27. The smallest absolute Gasteiger partial charge is 0.341 e. The number of rotatable bonds is 9. The van der Waals surface area contributed by atoms with Crippen LogP contribution in [0.5, 0.6) is 5.75 Å². The van der Waals surface area contributed by atoms with Gasteiger partial charge in [-0.05, 0) is 43.5 Å². The van der Waals surface area contributed by atoms with Crippen LogP contribution in [0.2, 0.25) is 0 Å². The summed E-state index contributed by atoms with van der Waals surface area (Å²) in [7, 11) is 1.48. The molecule has 8 nitrogen and oxygen atoms in total. The van der Waals surface area contributed by atoms with E-state index >= 15 is 0 Å². The average Bonchev–Trinajstić information content (AvgIpc) is 2.98. The highest BCUT2D eigenvalue weighted by molar-refractivity contribution is 7.18. The van der Waals surface area contributed by atoms with Crippen molar-refractivity contribution in [2.24, 2.45) is 5.73 Å². The fraction of sp³-hybridized carbons (Fsp3) is 0.350. The molecule has 9 heteroatoms. The van der Waals surface area contributed by atoms with Crippen molar-refractivity contribution >= 4 is 34.1 Å². The van der Waals surface area contributed by atoms with Crippen LogP contribution in [-0.4, -0.2) is 44.7 Å². The monoisotopic (exact) mass is 420 g/mol. The lowest BCUT2D eigenvalue weighted by molar-refractivity contribution is -0.118. The van der Waals surface area contributed by atoms with E-state index in [1.807, 2.05) is 32.0 Å². The summed E-state index contributed by atoms with van der Waals surface area (Å²) < 4.78 is 15.6. The Balaban J connectivity index is 2.16. The van der Waals surface area contributed by atoms with Gasteiger partial charge in [0.15, 0.2) is 6.61 Å². The van der Waals surface area contributed by atoms with E-state index in [-0.39, 0.29) is 35.3 Å². The topological polar surface area (TPSA) is 117 Å². The Morgan fingerprint density at radius 3 is 2.52 bits per heavy atom. The van der Waals surface area contributed by atoms with Crippen LogP contribution in [0, 0.1) is 20.8 Å². The summed E-state index contributed by atoms with van der Waals surface area (Å²) in [5.74, 6) is -1.24. The van der Waals surface area contributed by atoms with Crippen LogP contribution in [-0.2, 0) is 14.3 Å². The fourth-order valence-corrected chi connectivity index (χ4v) is 3.60. The predicted molar refractivity (Wildman–Crippen MR) is 110 cm³/mol. The molecule has 1 heterocycles. The Morgan fingerprint density at radius 2 is 1.86 bits per heavy atom. The number of nitrogens with one attached hydrogen (secondary N) is 1. The zero-order valence-corrected chi connectivity index (χ0v) is 17.6. The predicted octanol–water partition coefficient (Wildman–Crippen LogP) is 2.59. The molecule has 0 unspecified atom stereocenters. The van der Waals surface area contributed by atoms with Crippen molar-refractivity contribution in [2.75, 3.05) is 32.2 Å². The van der Waals surface area contributed by atoms with Gasteiger partial charge in [-0.3, -0.25) is 9.59 Å². The third kappa shape index (κ3) is 5.78. The van der Waals surface area contributed by atoms with Crippen molar-refractivity contribution in [3.05, 3.63) is 45.3 Å². The molecule has 0 saturated carbocycles. The summed E-state index contributed by atoms with van der Waals surface area (Å²) in [4.78, 5) is 36.7. The Morgan fingerprint density at radius 1 is 1.14 bits per heavy atom. The van der Waals surface area contributed by atoms with Crippen LogP contribution >= 0.6 is 11.3 Å².